The first-order valence-electron chi connectivity index (χ1n) is 6.74. The van der Waals surface area contributed by atoms with E-state index < -0.39 is 0 Å². The topological polar surface area (TPSA) is 39.1 Å². The lowest BCUT2D eigenvalue weighted by atomic mass is 9.97. The number of ether oxygens (including phenoxy) is 1. The summed E-state index contributed by atoms with van der Waals surface area (Å²) in [5.74, 6) is 1.69. The van der Waals surface area contributed by atoms with Gasteiger partial charge in [0, 0.05) is 6.54 Å². The Morgan fingerprint density at radius 3 is 3.29 bits per heavy atom. The number of piperidine rings is 1. The lowest BCUT2D eigenvalue weighted by Crippen LogP contribution is -2.30. The van der Waals surface area contributed by atoms with Gasteiger partial charge >= 0.3 is 0 Å². The van der Waals surface area contributed by atoms with Gasteiger partial charge in [-0.3, -0.25) is 4.68 Å². The Kier molecular flexibility index (Phi) is 4.86. The number of nitrogens with zero attached hydrogens (tertiary/aromatic N) is 2. The van der Waals surface area contributed by atoms with Crippen molar-refractivity contribution in [3.63, 3.8) is 0 Å². The first kappa shape index (κ1) is 12.4. The molecule has 4 heteroatoms. The van der Waals surface area contributed by atoms with Crippen LogP contribution in [0.2, 0.25) is 0 Å². The first-order valence-corrected chi connectivity index (χ1v) is 6.74. The predicted octanol–water partition coefficient (Wildman–Crippen LogP) is 2.06. The molecule has 0 aromatic carbocycles. The molecular weight excluding hydrogens is 214 g/mol. The fourth-order valence-corrected chi connectivity index (χ4v) is 2.28. The molecule has 2 rings (SSSR count). The molecule has 1 atom stereocenters. The zero-order chi connectivity index (χ0) is 11.9. The van der Waals surface area contributed by atoms with Crippen LogP contribution in [-0.2, 0) is 6.54 Å². The van der Waals surface area contributed by atoms with Gasteiger partial charge in [0.1, 0.15) is 0 Å². The normalized spacial score (nSPS) is 20.4. The molecule has 1 aliphatic heterocycles. The van der Waals surface area contributed by atoms with E-state index in [0.29, 0.717) is 0 Å². The van der Waals surface area contributed by atoms with E-state index in [1.807, 2.05) is 17.1 Å². The van der Waals surface area contributed by atoms with Crippen molar-refractivity contribution in [3.05, 3.63) is 12.4 Å². The van der Waals surface area contributed by atoms with Crippen LogP contribution in [0, 0.1) is 5.92 Å². The number of hydrogen-bond acceptors (Lipinski definition) is 3. The molecule has 0 aliphatic carbocycles. The second kappa shape index (κ2) is 6.64. The van der Waals surface area contributed by atoms with E-state index in [9.17, 15) is 0 Å². The zero-order valence-electron chi connectivity index (χ0n) is 10.7. The average molecular weight is 237 g/mol. The summed E-state index contributed by atoms with van der Waals surface area (Å²) >= 11 is 0. The van der Waals surface area contributed by atoms with Gasteiger partial charge in [-0.25, -0.2) is 0 Å². The predicted molar refractivity (Wildman–Crippen MR) is 68.2 cm³/mol. The van der Waals surface area contributed by atoms with Gasteiger partial charge in [-0.2, -0.15) is 5.10 Å². The maximum atomic E-state index is 5.72. The molecule has 0 saturated carbocycles. The molecule has 0 spiro atoms. The third kappa shape index (κ3) is 4.04. The van der Waals surface area contributed by atoms with Crippen molar-refractivity contribution in [1.82, 2.24) is 15.1 Å². The Bertz CT molecular complexity index is 318. The van der Waals surface area contributed by atoms with Gasteiger partial charge in [-0.15, -0.1) is 0 Å². The van der Waals surface area contributed by atoms with E-state index in [4.69, 9.17) is 4.74 Å². The van der Waals surface area contributed by atoms with Crippen molar-refractivity contribution in [2.75, 3.05) is 19.7 Å². The van der Waals surface area contributed by atoms with E-state index in [2.05, 4.69) is 17.3 Å². The summed E-state index contributed by atoms with van der Waals surface area (Å²) < 4.78 is 7.67. The number of hydrogen-bond donors (Lipinski definition) is 1. The van der Waals surface area contributed by atoms with Gasteiger partial charge in [-0.05, 0) is 44.7 Å². The largest absolute Gasteiger partial charge is 0.490 e. The second-order valence-corrected chi connectivity index (χ2v) is 4.79. The van der Waals surface area contributed by atoms with E-state index in [1.54, 1.807) is 0 Å². The van der Waals surface area contributed by atoms with Crippen LogP contribution in [-0.4, -0.2) is 29.5 Å². The first-order chi connectivity index (χ1) is 8.38. The summed E-state index contributed by atoms with van der Waals surface area (Å²) in [5, 5.41) is 7.68. The molecule has 17 heavy (non-hydrogen) atoms. The molecule has 1 N–H and O–H groups in total. The van der Waals surface area contributed by atoms with Crippen molar-refractivity contribution in [3.8, 4) is 5.75 Å². The van der Waals surface area contributed by atoms with Gasteiger partial charge in [0.15, 0.2) is 5.75 Å². The maximum absolute atomic E-state index is 5.72. The third-order valence-corrected chi connectivity index (χ3v) is 3.26. The molecule has 1 saturated heterocycles. The van der Waals surface area contributed by atoms with Crippen molar-refractivity contribution >= 4 is 0 Å². The maximum Gasteiger partial charge on any atom is 0.157 e. The van der Waals surface area contributed by atoms with E-state index in [1.165, 1.54) is 19.4 Å². The quantitative estimate of drug-likeness (QED) is 0.823. The smallest absolute Gasteiger partial charge is 0.157 e. The highest BCUT2D eigenvalue weighted by atomic mass is 16.5. The van der Waals surface area contributed by atoms with Gasteiger partial charge in [0.2, 0.25) is 0 Å². The molecule has 1 aromatic rings. The highest BCUT2D eigenvalue weighted by Gasteiger charge is 2.12. The molecule has 1 aromatic heterocycles. The molecule has 0 radical (unpaired) electrons. The Morgan fingerprint density at radius 1 is 1.59 bits per heavy atom. The number of nitrogens with one attached hydrogen (secondary N) is 1. The summed E-state index contributed by atoms with van der Waals surface area (Å²) in [6.07, 6.45) is 8.70. The van der Waals surface area contributed by atoms with Crippen molar-refractivity contribution in [2.45, 2.75) is 39.2 Å². The van der Waals surface area contributed by atoms with E-state index in [0.717, 1.165) is 44.2 Å². The fourth-order valence-electron chi connectivity index (χ4n) is 2.28. The monoisotopic (exact) mass is 237 g/mol. The van der Waals surface area contributed by atoms with Crippen LogP contribution >= 0.6 is 0 Å². The lowest BCUT2D eigenvalue weighted by molar-refractivity contribution is 0.254. The molecule has 1 unspecified atom stereocenters. The molecular formula is C13H23N3O. The number of aromatic nitrogens is 2. The molecule has 1 aliphatic rings. The summed E-state index contributed by atoms with van der Waals surface area (Å²) in [6.45, 7) is 6.26. The Morgan fingerprint density at radius 2 is 2.53 bits per heavy atom. The van der Waals surface area contributed by atoms with Gasteiger partial charge in [0.05, 0.1) is 19.0 Å². The van der Waals surface area contributed by atoms with Crippen molar-refractivity contribution < 1.29 is 4.74 Å². The summed E-state index contributed by atoms with van der Waals surface area (Å²) in [7, 11) is 0. The minimum Gasteiger partial charge on any atom is -0.490 e. The van der Waals surface area contributed by atoms with Crippen LogP contribution in [0.1, 0.15) is 32.6 Å². The number of aryl methyl sites for hydroxylation is 1. The Hall–Kier alpha value is -1.03. The Balaban J connectivity index is 1.66. The second-order valence-electron chi connectivity index (χ2n) is 4.79. The molecule has 0 bridgehead atoms. The van der Waals surface area contributed by atoms with Gasteiger partial charge in [0.25, 0.3) is 0 Å². The molecule has 1 fully saturated rings. The van der Waals surface area contributed by atoms with Crippen LogP contribution in [0.4, 0.5) is 0 Å². The van der Waals surface area contributed by atoms with Crippen molar-refractivity contribution in [1.29, 1.82) is 0 Å². The molecule has 96 valence electrons. The van der Waals surface area contributed by atoms with Gasteiger partial charge < -0.3 is 10.1 Å². The fraction of sp³-hybridized carbons (Fsp3) is 0.769. The summed E-state index contributed by atoms with van der Waals surface area (Å²) in [4.78, 5) is 0. The average Bonchev–Trinajstić information content (AvgIpc) is 2.79. The third-order valence-electron chi connectivity index (χ3n) is 3.26. The minimum atomic E-state index is 0.787. The molecule has 0 amide bonds. The zero-order valence-corrected chi connectivity index (χ0v) is 10.7. The van der Waals surface area contributed by atoms with Crippen LogP contribution in [0.3, 0.4) is 0 Å². The highest BCUT2D eigenvalue weighted by Crippen LogP contribution is 2.15. The highest BCUT2D eigenvalue weighted by molar-refractivity contribution is 5.11. The lowest BCUT2D eigenvalue weighted by Gasteiger charge is -2.22. The summed E-state index contributed by atoms with van der Waals surface area (Å²) in [6, 6.07) is 0. The van der Waals surface area contributed by atoms with Gasteiger partial charge in [-0.1, -0.05) is 6.92 Å². The SMILES string of the molecule is CCCn1cc(OCCC2CCCNC2)cn1. The van der Waals surface area contributed by atoms with Crippen LogP contribution < -0.4 is 10.1 Å². The Labute approximate surface area is 103 Å². The standard InChI is InChI=1S/C13H23N3O/c1-2-7-16-11-13(10-15-16)17-8-5-12-4-3-6-14-9-12/h10-12,14H,2-9H2,1H3. The van der Waals surface area contributed by atoms with Crippen LogP contribution in [0.5, 0.6) is 5.75 Å². The molecule has 4 nitrogen and oxygen atoms in total. The van der Waals surface area contributed by atoms with Crippen LogP contribution in [0.25, 0.3) is 0 Å². The van der Waals surface area contributed by atoms with Crippen LogP contribution in [0.15, 0.2) is 12.4 Å². The summed E-state index contributed by atoms with van der Waals surface area (Å²) in [5.41, 5.74) is 0. The number of rotatable bonds is 6. The van der Waals surface area contributed by atoms with Crippen molar-refractivity contribution in [2.24, 2.45) is 5.92 Å². The minimum absolute atomic E-state index is 0.787. The molecule has 2 heterocycles. The van der Waals surface area contributed by atoms with E-state index in [-0.39, 0.29) is 0 Å². The van der Waals surface area contributed by atoms with E-state index >= 15 is 0 Å².